The Labute approximate surface area is 148 Å². The summed E-state index contributed by atoms with van der Waals surface area (Å²) < 4.78 is 6.64. The summed E-state index contributed by atoms with van der Waals surface area (Å²) in [6, 6.07) is 1.17. The van der Waals surface area contributed by atoms with Crippen molar-refractivity contribution in [1.82, 2.24) is 0 Å². The lowest BCUT2D eigenvalue weighted by atomic mass is 9.57. The van der Waals surface area contributed by atoms with E-state index in [9.17, 15) is 0 Å². The molecule has 0 saturated heterocycles. The topological polar surface area (TPSA) is 9.23 Å². The normalized spacial score (nSPS) is 30.0. The molecule has 0 aliphatic heterocycles. The van der Waals surface area contributed by atoms with Gasteiger partial charge in [-0.05, 0) is 37.8 Å². The van der Waals surface area contributed by atoms with Gasteiger partial charge >= 0.3 is 0 Å². The van der Waals surface area contributed by atoms with E-state index in [0.717, 1.165) is 0 Å². The maximum Gasteiger partial charge on any atom is 0.204 e. The van der Waals surface area contributed by atoms with Crippen LogP contribution in [0.1, 0.15) is 90.0 Å². The lowest BCUT2D eigenvalue weighted by Crippen LogP contribution is -2.63. The third kappa shape index (κ3) is 1.89. The Kier molecular flexibility index (Phi) is 4.70. The molecule has 1 atom stereocenters. The Hall–Kier alpha value is 0.177. The van der Waals surface area contributed by atoms with E-state index in [1.807, 2.05) is 7.11 Å². The van der Waals surface area contributed by atoms with E-state index in [2.05, 4.69) is 90.0 Å². The molecule has 0 spiro atoms. The molecule has 0 bridgehead atoms. The van der Waals surface area contributed by atoms with E-state index < -0.39 is 8.32 Å². The van der Waals surface area contributed by atoms with Crippen molar-refractivity contribution in [3.05, 3.63) is 0 Å². The molecule has 0 radical (unpaired) electrons. The Morgan fingerprint density at radius 1 is 0.696 bits per heavy atom. The van der Waals surface area contributed by atoms with Crippen molar-refractivity contribution in [3.63, 3.8) is 0 Å². The maximum atomic E-state index is 6.64. The molecule has 0 heterocycles. The van der Waals surface area contributed by atoms with Gasteiger partial charge in [-0.3, -0.25) is 0 Å². The van der Waals surface area contributed by atoms with Crippen LogP contribution in [-0.4, -0.2) is 15.4 Å². The van der Waals surface area contributed by atoms with E-state index in [-0.39, 0.29) is 31.7 Å². The van der Waals surface area contributed by atoms with Crippen molar-refractivity contribution < 1.29 is 4.43 Å². The molecule has 0 aromatic rings. The molecule has 1 aliphatic carbocycles. The van der Waals surface area contributed by atoms with Gasteiger partial charge in [-0.2, -0.15) is 0 Å². The van der Waals surface area contributed by atoms with Gasteiger partial charge in [0.25, 0.3) is 0 Å². The predicted octanol–water partition coefficient (Wildman–Crippen LogP) is 7.28. The molecule has 1 saturated carbocycles. The van der Waals surface area contributed by atoms with Crippen molar-refractivity contribution in [2.24, 2.45) is 21.7 Å². The van der Waals surface area contributed by atoms with Crippen molar-refractivity contribution >= 4 is 8.32 Å². The fraction of sp³-hybridized carbons (Fsp3) is 1.00. The molecule has 2 heteroatoms. The molecular weight excluding hydrogens is 296 g/mol. The van der Waals surface area contributed by atoms with Crippen molar-refractivity contribution in [2.75, 3.05) is 7.11 Å². The largest absolute Gasteiger partial charge is 0.419 e. The Morgan fingerprint density at radius 2 is 1.00 bits per heavy atom. The van der Waals surface area contributed by atoms with Gasteiger partial charge in [-0.1, -0.05) is 90.0 Å². The van der Waals surface area contributed by atoms with Crippen molar-refractivity contribution in [1.29, 1.82) is 0 Å². The second kappa shape index (κ2) is 5.10. The Morgan fingerprint density at radius 3 is 1.17 bits per heavy atom. The Balaban J connectivity index is 3.99. The summed E-state index contributed by atoms with van der Waals surface area (Å²) in [6.45, 7) is 32.3. The molecule has 138 valence electrons. The lowest BCUT2D eigenvalue weighted by Gasteiger charge is -2.63. The zero-order chi connectivity index (χ0) is 18.9. The van der Waals surface area contributed by atoms with Crippen LogP contribution in [0.4, 0.5) is 0 Å². The van der Waals surface area contributed by atoms with Gasteiger partial charge in [0.2, 0.25) is 8.32 Å². The average molecular weight is 341 g/mol. The summed E-state index contributed by atoms with van der Waals surface area (Å²) in [5.74, 6) is 0. The van der Waals surface area contributed by atoms with Crippen molar-refractivity contribution in [3.8, 4) is 0 Å². The van der Waals surface area contributed by atoms with E-state index in [4.69, 9.17) is 4.43 Å². The minimum Gasteiger partial charge on any atom is -0.419 e. The summed E-state index contributed by atoms with van der Waals surface area (Å²) in [6.07, 6.45) is 0. The smallest absolute Gasteiger partial charge is 0.204 e. The first-order chi connectivity index (χ1) is 9.87. The fourth-order valence-corrected chi connectivity index (χ4v) is 14.1. The minimum atomic E-state index is -2.08. The first-order valence-corrected chi connectivity index (χ1v) is 11.5. The predicted molar refractivity (Wildman–Crippen MR) is 106 cm³/mol. The van der Waals surface area contributed by atoms with Crippen LogP contribution >= 0.6 is 0 Å². The molecule has 0 amide bonds. The maximum absolute atomic E-state index is 6.64. The zero-order valence-corrected chi connectivity index (χ0v) is 19.6. The van der Waals surface area contributed by atoms with Crippen LogP contribution < -0.4 is 0 Å². The van der Waals surface area contributed by atoms with Gasteiger partial charge < -0.3 is 4.43 Å². The van der Waals surface area contributed by atoms with E-state index in [0.29, 0.717) is 0 Å². The van der Waals surface area contributed by atoms with Gasteiger partial charge in [-0.25, -0.2) is 0 Å². The summed E-state index contributed by atoms with van der Waals surface area (Å²) in [4.78, 5) is 0. The number of rotatable bonds is 3. The average Bonchev–Trinajstić information content (AvgIpc) is 2.41. The standard InChI is InChI=1S/C21H44OSi/c1-15-23(22-14,16(2,3)4)21(13)19(9,10)17(5,6)18(7,8)20(21,11)12/h15H2,1-14H3. The van der Waals surface area contributed by atoms with Gasteiger partial charge in [0, 0.05) is 7.11 Å². The monoisotopic (exact) mass is 340 g/mol. The number of hydrogen-bond donors (Lipinski definition) is 0. The van der Waals surface area contributed by atoms with Crippen LogP contribution in [0.5, 0.6) is 0 Å². The summed E-state index contributed by atoms with van der Waals surface area (Å²) >= 11 is 0. The summed E-state index contributed by atoms with van der Waals surface area (Å²) in [5, 5.41) is 0.373. The van der Waals surface area contributed by atoms with E-state index in [1.165, 1.54) is 6.04 Å². The van der Waals surface area contributed by atoms with Gasteiger partial charge in [0.1, 0.15) is 0 Å². The summed E-state index contributed by atoms with van der Waals surface area (Å²) in [7, 11) is -0.0879. The van der Waals surface area contributed by atoms with E-state index in [1.54, 1.807) is 0 Å². The molecule has 1 fully saturated rings. The third-order valence-electron chi connectivity index (χ3n) is 10.1. The number of hydrogen-bond acceptors (Lipinski definition) is 1. The minimum absolute atomic E-state index is 0.168. The third-order valence-corrected chi connectivity index (χ3v) is 17.0. The van der Waals surface area contributed by atoms with Crippen LogP contribution in [-0.2, 0) is 4.43 Å². The van der Waals surface area contributed by atoms with Gasteiger partial charge in [-0.15, -0.1) is 0 Å². The molecule has 1 aliphatic rings. The molecule has 23 heavy (non-hydrogen) atoms. The first-order valence-electron chi connectivity index (χ1n) is 9.42. The molecular formula is C21H44OSi. The highest BCUT2D eigenvalue weighted by atomic mass is 28.4. The Bertz CT molecular complexity index is 433. The quantitative estimate of drug-likeness (QED) is 0.490. The highest BCUT2D eigenvalue weighted by molar-refractivity contribution is 6.80. The molecule has 0 aromatic heterocycles. The van der Waals surface area contributed by atoms with Crippen molar-refractivity contribution in [2.45, 2.75) is 106 Å². The van der Waals surface area contributed by atoms with E-state index >= 15 is 0 Å². The van der Waals surface area contributed by atoms with Crippen LogP contribution in [0.2, 0.25) is 16.1 Å². The fourth-order valence-electron chi connectivity index (χ4n) is 6.89. The van der Waals surface area contributed by atoms with Crippen LogP contribution in [0.25, 0.3) is 0 Å². The second-order valence-electron chi connectivity index (χ2n) is 11.3. The molecule has 0 aromatic carbocycles. The first kappa shape index (κ1) is 21.2. The lowest BCUT2D eigenvalue weighted by molar-refractivity contribution is 0.0135. The van der Waals surface area contributed by atoms with Gasteiger partial charge in [0.15, 0.2) is 0 Å². The highest BCUT2D eigenvalue weighted by Crippen LogP contribution is 2.85. The zero-order valence-electron chi connectivity index (χ0n) is 18.6. The molecule has 1 rings (SSSR count). The summed E-state index contributed by atoms with van der Waals surface area (Å²) in [5.41, 5.74) is 0.849. The van der Waals surface area contributed by atoms with Crippen LogP contribution in [0.3, 0.4) is 0 Å². The SMILES string of the molecule is CC[Si](OC)(C(C)(C)C)C1(C)C(C)(C)C(C)(C)C(C)(C)C1(C)C. The van der Waals surface area contributed by atoms with Crippen LogP contribution in [0, 0.1) is 21.7 Å². The second-order valence-corrected chi connectivity index (χ2v) is 16.5. The molecule has 0 N–H and O–H groups in total. The van der Waals surface area contributed by atoms with Gasteiger partial charge in [0.05, 0.1) is 0 Å². The molecule has 1 nitrogen and oxygen atoms in total. The highest BCUT2D eigenvalue weighted by Gasteiger charge is 2.80. The van der Waals surface area contributed by atoms with Crippen LogP contribution in [0.15, 0.2) is 0 Å². The molecule has 1 unspecified atom stereocenters.